The molecule has 0 aliphatic rings. The van der Waals surface area contributed by atoms with Crippen LogP contribution in [0.1, 0.15) is 52.9 Å². The Morgan fingerprint density at radius 2 is 1.89 bits per heavy atom. The van der Waals surface area contributed by atoms with Gasteiger partial charge in [-0.3, -0.25) is 0 Å². The molecule has 0 saturated heterocycles. The number of nitrogens with two attached hydrogens (primary N) is 1. The number of nitrogen functional groups attached to an aromatic ring is 1. The summed E-state index contributed by atoms with van der Waals surface area (Å²) < 4.78 is 11.1. The lowest BCUT2D eigenvalue weighted by molar-refractivity contribution is 0.197. The normalized spacial score (nSPS) is 12.2. The third-order valence-corrected chi connectivity index (χ3v) is 2.87. The quantitative estimate of drug-likeness (QED) is 0.696. The van der Waals surface area contributed by atoms with Crippen LogP contribution >= 0.6 is 0 Å². The minimum atomic E-state index is 0.100. The molecule has 1 aromatic rings. The van der Waals surface area contributed by atoms with Crippen LogP contribution < -0.4 is 15.2 Å². The van der Waals surface area contributed by atoms with Gasteiger partial charge in [0.2, 0.25) is 11.8 Å². The van der Waals surface area contributed by atoms with Crippen LogP contribution in [0.2, 0.25) is 0 Å². The van der Waals surface area contributed by atoms with Gasteiger partial charge in [-0.2, -0.15) is 9.97 Å². The van der Waals surface area contributed by atoms with Crippen molar-refractivity contribution in [3.05, 3.63) is 6.33 Å². The standard InChI is InChI=1S/C14H25N3O2/c1-4-6-7-8-9-11(3)19-14-12(15)13(18-5-2)16-10-17-14/h10-11H,4-9,15H2,1-3H3. The molecule has 108 valence electrons. The molecule has 2 N–H and O–H groups in total. The van der Waals surface area contributed by atoms with Gasteiger partial charge in [-0.15, -0.1) is 0 Å². The zero-order valence-electron chi connectivity index (χ0n) is 12.2. The molecule has 0 spiro atoms. The molecule has 19 heavy (non-hydrogen) atoms. The van der Waals surface area contributed by atoms with E-state index in [1.165, 1.54) is 25.6 Å². The van der Waals surface area contributed by atoms with Gasteiger partial charge in [-0.25, -0.2) is 0 Å². The molecule has 0 aromatic carbocycles. The molecule has 1 atom stereocenters. The first kappa shape index (κ1) is 15.5. The highest BCUT2D eigenvalue weighted by Gasteiger charge is 2.13. The van der Waals surface area contributed by atoms with Crippen LogP contribution in [-0.2, 0) is 0 Å². The fourth-order valence-corrected chi connectivity index (χ4v) is 1.82. The number of ether oxygens (including phenoxy) is 2. The summed E-state index contributed by atoms with van der Waals surface area (Å²) >= 11 is 0. The van der Waals surface area contributed by atoms with Gasteiger partial charge in [0, 0.05) is 0 Å². The van der Waals surface area contributed by atoms with E-state index in [0.717, 1.165) is 12.8 Å². The molecule has 1 heterocycles. The molecule has 0 bridgehead atoms. The molecule has 0 fully saturated rings. The number of nitrogens with zero attached hydrogens (tertiary/aromatic N) is 2. The molecular formula is C14H25N3O2. The van der Waals surface area contributed by atoms with Gasteiger partial charge >= 0.3 is 0 Å². The Labute approximate surface area is 115 Å². The molecule has 0 saturated carbocycles. The van der Waals surface area contributed by atoms with Crippen LogP contribution in [0.25, 0.3) is 0 Å². The van der Waals surface area contributed by atoms with Crippen molar-refractivity contribution < 1.29 is 9.47 Å². The first-order chi connectivity index (χ1) is 9.19. The molecule has 0 aliphatic carbocycles. The number of hydrogen-bond donors (Lipinski definition) is 1. The lowest BCUT2D eigenvalue weighted by Crippen LogP contribution is -2.14. The predicted octanol–water partition coefficient (Wildman–Crippen LogP) is 3.20. The summed E-state index contributed by atoms with van der Waals surface area (Å²) in [6.45, 7) is 6.65. The minimum Gasteiger partial charge on any atom is -0.476 e. The topological polar surface area (TPSA) is 70.3 Å². The summed E-state index contributed by atoms with van der Waals surface area (Å²) in [5.41, 5.74) is 6.30. The lowest BCUT2D eigenvalue weighted by Gasteiger charge is -2.15. The number of anilines is 1. The van der Waals surface area contributed by atoms with Crippen molar-refractivity contribution in [3.63, 3.8) is 0 Å². The van der Waals surface area contributed by atoms with Gasteiger partial charge in [-0.05, 0) is 26.7 Å². The Balaban J connectivity index is 2.49. The van der Waals surface area contributed by atoms with E-state index in [2.05, 4.69) is 16.9 Å². The van der Waals surface area contributed by atoms with Crippen LogP contribution in [0.15, 0.2) is 6.33 Å². The van der Waals surface area contributed by atoms with Crippen molar-refractivity contribution in [2.75, 3.05) is 12.3 Å². The highest BCUT2D eigenvalue weighted by Crippen LogP contribution is 2.27. The number of aromatic nitrogens is 2. The lowest BCUT2D eigenvalue weighted by atomic mass is 10.1. The van der Waals surface area contributed by atoms with Crippen molar-refractivity contribution in [2.45, 2.75) is 59.0 Å². The molecule has 0 radical (unpaired) electrons. The maximum Gasteiger partial charge on any atom is 0.244 e. The van der Waals surface area contributed by atoms with Crippen LogP contribution in [0.5, 0.6) is 11.8 Å². The largest absolute Gasteiger partial charge is 0.476 e. The van der Waals surface area contributed by atoms with E-state index in [9.17, 15) is 0 Å². The summed E-state index contributed by atoms with van der Waals surface area (Å²) in [6, 6.07) is 0. The molecule has 1 aromatic heterocycles. The average molecular weight is 267 g/mol. The zero-order chi connectivity index (χ0) is 14.1. The first-order valence-electron chi connectivity index (χ1n) is 7.08. The Kier molecular flexibility index (Phi) is 7.00. The average Bonchev–Trinajstić information content (AvgIpc) is 2.40. The third kappa shape index (κ3) is 5.32. The summed E-state index contributed by atoms with van der Waals surface area (Å²) in [5.74, 6) is 0.812. The Bertz CT molecular complexity index is 372. The predicted molar refractivity (Wildman–Crippen MR) is 76.5 cm³/mol. The van der Waals surface area contributed by atoms with Crippen LogP contribution in [0, 0.1) is 0 Å². The fourth-order valence-electron chi connectivity index (χ4n) is 1.82. The number of unbranched alkanes of at least 4 members (excludes halogenated alkanes) is 3. The van der Waals surface area contributed by atoms with Gasteiger partial charge in [0.05, 0.1) is 12.7 Å². The Morgan fingerprint density at radius 1 is 1.16 bits per heavy atom. The van der Waals surface area contributed by atoms with Crippen LogP contribution in [0.3, 0.4) is 0 Å². The van der Waals surface area contributed by atoms with E-state index in [0.29, 0.717) is 24.1 Å². The van der Waals surface area contributed by atoms with Crippen molar-refractivity contribution in [3.8, 4) is 11.8 Å². The van der Waals surface area contributed by atoms with Crippen LogP contribution in [-0.4, -0.2) is 22.7 Å². The van der Waals surface area contributed by atoms with Gasteiger partial charge in [0.15, 0.2) is 5.69 Å². The van der Waals surface area contributed by atoms with Crippen LogP contribution in [0.4, 0.5) is 5.69 Å². The first-order valence-corrected chi connectivity index (χ1v) is 7.08. The van der Waals surface area contributed by atoms with E-state index in [4.69, 9.17) is 15.2 Å². The molecule has 1 rings (SSSR count). The number of hydrogen-bond acceptors (Lipinski definition) is 5. The molecule has 5 nitrogen and oxygen atoms in total. The van der Waals surface area contributed by atoms with Gasteiger partial charge in [0.1, 0.15) is 6.33 Å². The van der Waals surface area contributed by atoms with Gasteiger partial charge in [-0.1, -0.05) is 26.2 Å². The van der Waals surface area contributed by atoms with Gasteiger partial charge < -0.3 is 15.2 Å². The molecule has 5 heteroatoms. The SMILES string of the molecule is CCCCCCC(C)Oc1ncnc(OCC)c1N. The highest BCUT2D eigenvalue weighted by atomic mass is 16.5. The van der Waals surface area contributed by atoms with Crippen molar-refractivity contribution >= 4 is 5.69 Å². The summed E-state index contributed by atoms with van der Waals surface area (Å²) in [7, 11) is 0. The highest BCUT2D eigenvalue weighted by molar-refractivity contribution is 5.55. The fraction of sp³-hybridized carbons (Fsp3) is 0.714. The van der Waals surface area contributed by atoms with Crippen molar-refractivity contribution in [1.29, 1.82) is 0 Å². The minimum absolute atomic E-state index is 0.100. The monoisotopic (exact) mass is 267 g/mol. The smallest absolute Gasteiger partial charge is 0.244 e. The summed E-state index contributed by atoms with van der Waals surface area (Å²) in [4.78, 5) is 8.05. The summed E-state index contributed by atoms with van der Waals surface area (Å²) in [5, 5.41) is 0. The molecular weight excluding hydrogens is 242 g/mol. The Hall–Kier alpha value is -1.52. The van der Waals surface area contributed by atoms with E-state index in [1.807, 2.05) is 13.8 Å². The third-order valence-electron chi connectivity index (χ3n) is 2.87. The maximum absolute atomic E-state index is 5.92. The van der Waals surface area contributed by atoms with E-state index in [-0.39, 0.29) is 6.10 Å². The maximum atomic E-state index is 5.92. The molecule has 0 aliphatic heterocycles. The second-order valence-corrected chi connectivity index (χ2v) is 4.61. The van der Waals surface area contributed by atoms with Gasteiger partial charge in [0.25, 0.3) is 0 Å². The van der Waals surface area contributed by atoms with E-state index >= 15 is 0 Å². The molecule has 0 amide bonds. The summed E-state index contributed by atoms with van der Waals surface area (Å²) in [6.07, 6.45) is 7.45. The molecule has 1 unspecified atom stereocenters. The van der Waals surface area contributed by atoms with Crippen molar-refractivity contribution in [2.24, 2.45) is 0 Å². The second kappa shape index (κ2) is 8.56. The Morgan fingerprint density at radius 3 is 2.58 bits per heavy atom. The van der Waals surface area contributed by atoms with E-state index < -0.39 is 0 Å². The van der Waals surface area contributed by atoms with E-state index in [1.54, 1.807) is 0 Å². The second-order valence-electron chi connectivity index (χ2n) is 4.61. The van der Waals surface area contributed by atoms with Crippen molar-refractivity contribution in [1.82, 2.24) is 9.97 Å². The number of rotatable bonds is 9. The zero-order valence-corrected chi connectivity index (χ0v) is 12.2.